The van der Waals surface area contributed by atoms with Gasteiger partial charge in [-0.25, -0.2) is 0 Å². The molecule has 0 amide bonds. The van der Waals surface area contributed by atoms with Gasteiger partial charge in [-0.15, -0.1) is 0 Å². The molecule has 0 fully saturated rings. The average molecular weight is 222 g/mol. The Morgan fingerprint density at radius 1 is 1.25 bits per heavy atom. The number of aromatic hydroxyl groups is 1. The normalized spacial score (nSPS) is 11.4. The lowest BCUT2D eigenvalue weighted by Crippen LogP contribution is -2.17. The van der Waals surface area contributed by atoms with Gasteiger partial charge in [-0.2, -0.15) is 0 Å². The third kappa shape index (κ3) is 3.57. The van der Waals surface area contributed by atoms with Crippen molar-refractivity contribution in [1.82, 2.24) is 0 Å². The van der Waals surface area contributed by atoms with Crippen LogP contribution in [0.4, 0.5) is 0 Å². The second-order valence-electron chi connectivity index (χ2n) is 4.68. The Balaban J connectivity index is 2.62. The summed E-state index contributed by atoms with van der Waals surface area (Å²) in [5.74, 6) is -0.494. The minimum atomic E-state index is -0.749. The Hall–Kier alpha value is -1.51. The number of carboxylic acid groups (broad SMARTS) is 1. The zero-order valence-corrected chi connectivity index (χ0v) is 9.73. The van der Waals surface area contributed by atoms with Crippen molar-refractivity contribution >= 4 is 5.97 Å². The standard InChI is InChI=1S/C13H18O3/c1-13(2,9-3-4-12(15)16)10-5-7-11(14)8-6-10/h5-8,14H,3-4,9H2,1-2H3,(H,15,16). The molecule has 0 aliphatic heterocycles. The lowest BCUT2D eigenvalue weighted by atomic mass is 9.80. The number of phenols is 1. The number of carbonyl (C=O) groups is 1. The van der Waals surface area contributed by atoms with Gasteiger partial charge in [0.25, 0.3) is 0 Å². The molecular formula is C13H18O3. The number of phenolic OH excluding ortho intramolecular Hbond substituents is 1. The number of aliphatic carboxylic acids is 1. The Labute approximate surface area is 95.7 Å². The summed E-state index contributed by atoms with van der Waals surface area (Å²) in [7, 11) is 0. The van der Waals surface area contributed by atoms with Crippen LogP contribution in [0.15, 0.2) is 24.3 Å². The van der Waals surface area contributed by atoms with Crippen molar-refractivity contribution in [2.75, 3.05) is 0 Å². The fraction of sp³-hybridized carbons (Fsp3) is 0.462. The molecule has 0 aliphatic rings. The highest BCUT2D eigenvalue weighted by Gasteiger charge is 2.20. The van der Waals surface area contributed by atoms with Crippen LogP contribution >= 0.6 is 0 Å². The summed E-state index contributed by atoms with van der Waals surface area (Å²) in [4.78, 5) is 10.4. The quantitative estimate of drug-likeness (QED) is 0.805. The van der Waals surface area contributed by atoms with E-state index in [2.05, 4.69) is 13.8 Å². The van der Waals surface area contributed by atoms with E-state index in [1.807, 2.05) is 12.1 Å². The Kier molecular flexibility index (Phi) is 3.93. The van der Waals surface area contributed by atoms with Gasteiger partial charge < -0.3 is 10.2 Å². The maximum atomic E-state index is 10.4. The molecule has 0 saturated carbocycles. The van der Waals surface area contributed by atoms with Crippen LogP contribution in [0.1, 0.15) is 38.7 Å². The van der Waals surface area contributed by atoms with E-state index in [9.17, 15) is 9.90 Å². The molecule has 0 aliphatic carbocycles. The highest BCUT2D eigenvalue weighted by atomic mass is 16.4. The molecule has 0 radical (unpaired) electrons. The molecule has 0 heterocycles. The highest BCUT2D eigenvalue weighted by molar-refractivity contribution is 5.66. The van der Waals surface area contributed by atoms with Crippen molar-refractivity contribution in [3.8, 4) is 5.75 Å². The first-order chi connectivity index (χ1) is 7.42. The fourth-order valence-corrected chi connectivity index (χ4v) is 1.74. The Bertz CT molecular complexity index is 352. The zero-order chi connectivity index (χ0) is 12.2. The number of carboxylic acids is 1. The van der Waals surface area contributed by atoms with E-state index < -0.39 is 5.97 Å². The third-order valence-corrected chi connectivity index (χ3v) is 2.84. The largest absolute Gasteiger partial charge is 0.508 e. The average Bonchev–Trinajstić information content (AvgIpc) is 2.17. The fourth-order valence-electron chi connectivity index (χ4n) is 1.74. The van der Waals surface area contributed by atoms with Crippen molar-refractivity contribution in [3.05, 3.63) is 29.8 Å². The van der Waals surface area contributed by atoms with Gasteiger partial charge in [-0.05, 0) is 36.0 Å². The van der Waals surface area contributed by atoms with E-state index in [0.717, 1.165) is 12.0 Å². The lowest BCUT2D eigenvalue weighted by molar-refractivity contribution is -0.137. The van der Waals surface area contributed by atoms with E-state index >= 15 is 0 Å². The highest BCUT2D eigenvalue weighted by Crippen LogP contribution is 2.29. The van der Waals surface area contributed by atoms with Crippen molar-refractivity contribution in [3.63, 3.8) is 0 Å². The number of hydrogen-bond acceptors (Lipinski definition) is 2. The Morgan fingerprint density at radius 3 is 2.31 bits per heavy atom. The molecular weight excluding hydrogens is 204 g/mol. The van der Waals surface area contributed by atoms with Crippen LogP contribution in [0, 0.1) is 0 Å². The van der Waals surface area contributed by atoms with Crippen LogP contribution in [-0.2, 0) is 10.2 Å². The molecule has 3 nitrogen and oxygen atoms in total. The number of benzene rings is 1. The molecule has 88 valence electrons. The molecule has 16 heavy (non-hydrogen) atoms. The van der Waals surface area contributed by atoms with Gasteiger partial charge in [0.2, 0.25) is 0 Å². The van der Waals surface area contributed by atoms with Gasteiger partial charge in [0, 0.05) is 6.42 Å². The zero-order valence-electron chi connectivity index (χ0n) is 9.73. The minimum absolute atomic E-state index is 0.0524. The summed E-state index contributed by atoms with van der Waals surface area (Å²) in [6, 6.07) is 7.09. The van der Waals surface area contributed by atoms with Crippen LogP contribution in [-0.4, -0.2) is 16.2 Å². The molecule has 1 rings (SSSR count). The third-order valence-electron chi connectivity index (χ3n) is 2.84. The van der Waals surface area contributed by atoms with Crippen LogP contribution in [0.25, 0.3) is 0 Å². The maximum Gasteiger partial charge on any atom is 0.303 e. The van der Waals surface area contributed by atoms with E-state index in [1.165, 1.54) is 0 Å². The van der Waals surface area contributed by atoms with Gasteiger partial charge in [0.15, 0.2) is 0 Å². The van der Waals surface area contributed by atoms with Crippen LogP contribution in [0.5, 0.6) is 5.75 Å². The second-order valence-corrected chi connectivity index (χ2v) is 4.68. The monoisotopic (exact) mass is 222 g/mol. The van der Waals surface area contributed by atoms with Crippen LogP contribution in [0.2, 0.25) is 0 Å². The summed E-state index contributed by atoms with van der Waals surface area (Å²) >= 11 is 0. The van der Waals surface area contributed by atoms with E-state index in [0.29, 0.717) is 6.42 Å². The number of rotatable bonds is 5. The van der Waals surface area contributed by atoms with Crippen LogP contribution in [0.3, 0.4) is 0 Å². The molecule has 0 atom stereocenters. The smallest absolute Gasteiger partial charge is 0.303 e. The first-order valence-electron chi connectivity index (χ1n) is 5.43. The summed E-state index contributed by atoms with van der Waals surface area (Å²) < 4.78 is 0. The van der Waals surface area contributed by atoms with E-state index in [-0.39, 0.29) is 17.6 Å². The van der Waals surface area contributed by atoms with E-state index in [1.54, 1.807) is 12.1 Å². The molecule has 0 bridgehead atoms. The molecule has 1 aromatic rings. The molecule has 1 aromatic carbocycles. The van der Waals surface area contributed by atoms with Crippen molar-refractivity contribution < 1.29 is 15.0 Å². The molecule has 0 spiro atoms. The molecule has 3 heteroatoms. The summed E-state index contributed by atoms with van der Waals surface area (Å²) in [6.45, 7) is 4.17. The van der Waals surface area contributed by atoms with Gasteiger partial charge in [-0.1, -0.05) is 26.0 Å². The SMILES string of the molecule is CC(C)(CCCC(=O)O)c1ccc(O)cc1. The van der Waals surface area contributed by atoms with Crippen LogP contribution < -0.4 is 0 Å². The topological polar surface area (TPSA) is 57.5 Å². The second kappa shape index (κ2) is 5.01. The number of hydrogen-bond donors (Lipinski definition) is 2. The molecule has 0 saturated heterocycles. The Morgan fingerprint density at radius 2 is 1.81 bits per heavy atom. The minimum Gasteiger partial charge on any atom is -0.508 e. The van der Waals surface area contributed by atoms with Gasteiger partial charge in [0.1, 0.15) is 5.75 Å². The molecule has 0 unspecified atom stereocenters. The summed E-state index contributed by atoms with van der Waals surface area (Å²) in [6.07, 6.45) is 1.70. The van der Waals surface area contributed by atoms with Crippen molar-refractivity contribution in [2.24, 2.45) is 0 Å². The van der Waals surface area contributed by atoms with Crippen molar-refractivity contribution in [1.29, 1.82) is 0 Å². The van der Waals surface area contributed by atoms with Gasteiger partial charge >= 0.3 is 5.97 Å². The molecule has 2 N–H and O–H groups in total. The summed E-state index contributed by atoms with van der Waals surface area (Å²) in [5.41, 5.74) is 1.07. The van der Waals surface area contributed by atoms with Gasteiger partial charge in [-0.3, -0.25) is 4.79 Å². The predicted molar refractivity (Wildman–Crippen MR) is 62.6 cm³/mol. The lowest BCUT2D eigenvalue weighted by Gasteiger charge is -2.25. The molecule has 0 aromatic heterocycles. The summed E-state index contributed by atoms with van der Waals surface area (Å²) in [5, 5.41) is 17.8. The maximum absolute atomic E-state index is 10.4. The first-order valence-corrected chi connectivity index (χ1v) is 5.43. The van der Waals surface area contributed by atoms with Gasteiger partial charge in [0.05, 0.1) is 0 Å². The first kappa shape index (κ1) is 12.6. The van der Waals surface area contributed by atoms with E-state index in [4.69, 9.17) is 5.11 Å². The predicted octanol–water partition coefficient (Wildman–Crippen LogP) is 2.92. The van der Waals surface area contributed by atoms with Crippen molar-refractivity contribution in [2.45, 2.75) is 38.5 Å².